The van der Waals surface area contributed by atoms with E-state index < -0.39 is 5.54 Å². The Hall–Kier alpha value is -2.69. The molecule has 2 amide bonds. The van der Waals surface area contributed by atoms with E-state index in [1.807, 2.05) is 30.3 Å². The molecular formula is C20H21FN2O2. The van der Waals surface area contributed by atoms with Crippen molar-refractivity contribution in [3.8, 4) is 0 Å². The van der Waals surface area contributed by atoms with Crippen molar-refractivity contribution in [3.05, 3.63) is 71.5 Å². The zero-order valence-electron chi connectivity index (χ0n) is 14.2. The Morgan fingerprint density at radius 2 is 1.88 bits per heavy atom. The molecule has 0 saturated carbocycles. The van der Waals surface area contributed by atoms with E-state index in [1.165, 1.54) is 12.1 Å². The Morgan fingerprint density at radius 1 is 1.16 bits per heavy atom. The summed E-state index contributed by atoms with van der Waals surface area (Å²) in [6.07, 6.45) is 0.784. The molecule has 3 rings (SSSR count). The van der Waals surface area contributed by atoms with Crippen LogP contribution in [0.5, 0.6) is 0 Å². The Morgan fingerprint density at radius 3 is 2.60 bits per heavy atom. The molecule has 0 aliphatic carbocycles. The quantitative estimate of drug-likeness (QED) is 0.909. The summed E-state index contributed by atoms with van der Waals surface area (Å²) in [5.74, 6) is -0.611. The molecule has 0 spiro atoms. The van der Waals surface area contributed by atoms with Crippen LogP contribution in [0.15, 0.2) is 54.6 Å². The van der Waals surface area contributed by atoms with Crippen LogP contribution in [0.4, 0.5) is 4.39 Å². The third kappa shape index (κ3) is 3.71. The summed E-state index contributed by atoms with van der Waals surface area (Å²) in [6.45, 7) is 2.42. The maximum absolute atomic E-state index is 13.4. The number of carbonyl (C=O) groups is 2. The number of carbonyl (C=O) groups excluding carboxylic acids is 2. The molecule has 0 radical (unpaired) electrons. The normalized spacial score (nSPS) is 19.9. The van der Waals surface area contributed by atoms with Crippen LogP contribution in [-0.2, 0) is 22.7 Å². The fourth-order valence-electron chi connectivity index (χ4n) is 3.18. The van der Waals surface area contributed by atoms with Gasteiger partial charge in [-0.15, -0.1) is 0 Å². The lowest BCUT2D eigenvalue weighted by Gasteiger charge is -2.34. The minimum Gasteiger partial charge on any atom is -0.350 e. The van der Waals surface area contributed by atoms with E-state index in [9.17, 15) is 14.0 Å². The molecule has 1 fully saturated rings. The van der Waals surface area contributed by atoms with Crippen LogP contribution in [-0.4, -0.2) is 22.3 Å². The summed E-state index contributed by atoms with van der Waals surface area (Å²) in [6, 6.07) is 15.8. The molecule has 0 aromatic heterocycles. The molecule has 1 heterocycles. The molecule has 4 nitrogen and oxygen atoms in total. The van der Waals surface area contributed by atoms with Gasteiger partial charge in [0.25, 0.3) is 0 Å². The van der Waals surface area contributed by atoms with Crippen LogP contribution in [0, 0.1) is 5.82 Å². The van der Waals surface area contributed by atoms with Gasteiger partial charge in [-0.1, -0.05) is 42.5 Å². The van der Waals surface area contributed by atoms with Crippen molar-refractivity contribution in [2.45, 2.75) is 38.4 Å². The first-order valence-electron chi connectivity index (χ1n) is 8.36. The predicted octanol–water partition coefficient (Wildman–Crippen LogP) is 3.02. The summed E-state index contributed by atoms with van der Waals surface area (Å²) in [4.78, 5) is 26.6. The first-order chi connectivity index (χ1) is 12.0. The van der Waals surface area contributed by atoms with Gasteiger partial charge in [-0.05, 0) is 36.6 Å². The van der Waals surface area contributed by atoms with Crippen molar-refractivity contribution in [3.63, 3.8) is 0 Å². The second-order valence-corrected chi connectivity index (χ2v) is 6.55. The lowest BCUT2D eigenvalue weighted by atomic mass is 9.97. The van der Waals surface area contributed by atoms with Gasteiger partial charge >= 0.3 is 0 Å². The monoisotopic (exact) mass is 340 g/mol. The fourth-order valence-corrected chi connectivity index (χ4v) is 3.18. The third-order valence-electron chi connectivity index (χ3n) is 4.74. The average Bonchev–Trinajstić information content (AvgIpc) is 2.90. The Labute approximate surface area is 146 Å². The van der Waals surface area contributed by atoms with Gasteiger partial charge < -0.3 is 10.2 Å². The SMILES string of the molecule is C[C@]1(C(=O)NCc2ccccc2)CCC(=O)N1Cc1cccc(F)c1. The molecule has 2 aromatic carbocycles. The first kappa shape index (κ1) is 17.1. The molecule has 5 heteroatoms. The number of benzene rings is 2. The van der Waals surface area contributed by atoms with E-state index in [1.54, 1.807) is 24.0 Å². The van der Waals surface area contributed by atoms with E-state index in [-0.39, 0.29) is 24.2 Å². The van der Waals surface area contributed by atoms with E-state index in [2.05, 4.69) is 5.32 Å². The second-order valence-electron chi connectivity index (χ2n) is 6.55. The zero-order chi connectivity index (χ0) is 17.9. The van der Waals surface area contributed by atoms with Crippen molar-refractivity contribution < 1.29 is 14.0 Å². The topological polar surface area (TPSA) is 49.4 Å². The molecule has 1 N–H and O–H groups in total. The lowest BCUT2D eigenvalue weighted by molar-refractivity contribution is -0.141. The summed E-state index contributed by atoms with van der Waals surface area (Å²) in [5, 5.41) is 2.92. The zero-order valence-corrected chi connectivity index (χ0v) is 14.2. The highest BCUT2D eigenvalue weighted by Gasteiger charge is 2.47. The Balaban J connectivity index is 1.73. The first-order valence-corrected chi connectivity index (χ1v) is 8.36. The molecule has 0 unspecified atom stereocenters. The van der Waals surface area contributed by atoms with Gasteiger partial charge in [0.15, 0.2) is 0 Å². The van der Waals surface area contributed by atoms with Crippen LogP contribution in [0.1, 0.15) is 30.9 Å². The Bertz CT molecular complexity index is 778. The number of nitrogens with zero attached hydrogens (tertiary/aromatic N) is 1. The lowest BCUT2D eigenvalue weighted by Crippen LogP contribution is -2.53. The van der Waals surface area contributed by atoms with E-state index >= 15 is 0 Å². The van der Waals surface area contributed by atoms with Crippen LogP contribution < -0.4 is 5.32 Å². The molecule has 130 valence electrons. The van der Waals surface area contributed by atoms with Gasteiger partial charge in [-0.3, -0.25) is 9.59 Å². The van der Waals surface area contributed by atoms with Crippen molar-refractivity contribution in [2.24, 2.45) is 0 Å². The summed E-state index contributed by atoms with van der Waals surface area (Å²) in [5.41, 5.74) is 0.760. The van der Waals surface area contributed by atoms with Crippen molar-refractivity contribution in [1.82, 2.24) is 10.2 Å². The predicted molar refractivity (Wildman–Crippen MR) is 92.9 cm³/mol. The summed E-state index contributed by atoms with van der Waals surface area (Å²) in [7, 11) is 0. The second kappa shape index (κ2) is 7.05. The number of rotatable bonds is 5. The van der Waals surface area contributed by atoms with Gasteiger partial charge in [0.1, 0.15) is 11.4 Å². The van der Waals surface area contributed by atoms with Gasteiger partial charge in [-0.2, -0.15) is 0 Å². The minimum atomic E-state index is -0.918. The molecule has 2 aromatic rings. The molecule has 1 atom stereocenters. The van der Waals surface area contributed by atoms with Crippen molar-refractivity contribution in [1.29, 1.82) is 0 Å². The Kier molecular flexibility index (Phi) is 4.83. The standard InChI is InChI=1S/C20H21FN2O2/c1-20(19(25)22-13-15-6-3-2-4-7-15)11-10-18(24)23(20)14-16-8-5-9-17(21)12-16/h2-9,12H,10-11,13-14H2,1H3,(H,22,25)/t20-/m1/s1. The molecule has 25 heavy (non-hydrogen) atoms. The van der Waals surface area contributed by atoms with E-state index in [0.29, 0.717) is 24.9 Å². The summed E-state index contributed by atoms with van der Waals surface area (Å²) < 4.78 is 13.4. The summed E-state index contributed by atoms with van der Waals surface area (Å²) >= 11 is 0. The average molecular weight is 340 g/mol. The number of nitrogens with one attached hydrogen (secondary N) is 1. The van der Waals surface area contributed by atoms with Crippen molar-refractivity contribution >= 4 is 11.8 Å². The van der Waals surface area contributed by atoms with Crippen LogP contribution in [0.2, 0.25) is 0 Å². The molecular weight excluding hydrogens is 319 g/mol. The van der Waals surface area contributed by atoms with Gasteiger partial charge in [0, 0.05) is 19.5 Å². The molecule has 1 aliphatic heterocycles. The maximum atomic E-state index is 13.4. The van der Waals surface area contributed by atoms with Gasteiger partial charge in [0.2, 0.25) is 11.8 Å². The highest BCUT2D eigenvalue weighted by Crippen LogP contribution is 2.32. The van der Waals surface area contributed by atoms with Crippen LogP contribution in [0.3, 0.4) is 0 Å². The van der Waals surface area contributed by atoms with E-state index in [0.717, 1.165) is 5.56 Å². The number of hydrogen-bond acceptors (Lipinski definition) is 2. The van der Waals surface area contributed by atoms with Crippen LogP contribution in [0.25, 0.3) is 0 Å². The highest BCUT2D eigenvalue weighted by molar-refractivity contribution is 5.94. The minimum absolute atomic E-state index is 0.0818. The largest absolute Gasteiger partial charge is 0.350 e. The smallest absolute Gasteiger partial charge is 0.245 e. The number of hydrogen-bond donors (Lipinski definition) is 1. The number of likely N-dealkylation sites (tertiary alicyclic amines) is 1. The van der Waals surface area contributed by atoms with Crippen molar-refractivity contribution in [2.75, 3.05) is 0 Å². The number of halogens is 1. The van der Waals surface area contributed by atoms with E-state index in [4.69, 9.17) is 0 Å². The molecule has 0 bridgehead atoms. The third-order valence-corrected chi connectivity index (χ3v) is 4.74. The molecule has 1 aliphatic rings. The van der Waals surface area contributed by atoms with Gasteiger partial charge in [0.05, 0.1) is 0 Å². The number of amides is 2. The maximum Gasteiger partial charge on any atom is 0.245 e. The van der Waals surface area contributed by atoms with Crippen LogP contribution >= 0.6 is 0 Å². The highest BCUT2D eigenvalue weighted by atomic mass is 19.1. The molecule has 1 saturated heterocycles. The fraction of sp³-hybridized carbons (Fsp3) is 0.300. The van der Waals surface area contributed by atoms with Gasteiger partial charge in [-0.25, -0.2) is 4.39 Å².